The summed E-state index contributed by atoms with van der Waals surface area (Å²) in [4.78, 5) is 27.8. The average molecular weight is 413 g/mol. The molecular weight excluding hydrogens is 385 g/mol. The van der Waals surface area contributed by atoms with Crippen molar-refractivity contribution < 1.29 is 18.7 Å². The van der Waals surface area contributed by atoms with Crippen molar-refractivity contribution in [1.82, 2.24) is 9.80 Å². The van der Waals surface area contributed by atoms with Crippen molar-refractivity contribution in [3.63, 3.8) is 0 Å². The van der Waals surface area contributed by atoms with Crippen LogP contribution >= 0.6 is 0 Å². The topological polar surface area (TPSA) is 75.9 Å². The third-order valence-corrected chi connectivity index (χ3v) is 5.40. The Labute approximate surface area is 176 Å². The van der Waals surface area contributed by atoms with Gasteiger partial charge in [0.15, 0.2) is 6.61 Å². The number of nitrogens with two attached hydrogens (primary N) is 1. The summed E-state index contributed by atoms with van der Waals surface area (Å²) in [5, 5.41) is 0. The van der Waals surface area contributed by atoms with Gasteiger partial charge in [-0.1, -0.05) is 24.3 Å². The van der Waals surface area contributed by atoms with Gasteiger partial charge in [0, 0.05) is 31.7 Å². The lowest BCUT2D eigenvalue weighted by molar-refractivity contribution is -0.139. The zero-order valence-corrected chi connectivity index (χ0v) is 17.4. The maximum atomic E-state index is 13.1. The first-order valence-electron chi connectivity index (χ1n) is 10.1. The summed E-state index contributed by atoms with van der Waals surface area (Å²) in [7, 11) is 0. The van der Waals surface area contributed by atoms with Crippen LogP contribution in [0.3, 0.4) is 0 Å². The molecule has 0 unspecified atom stereocenters. The lowest BCUT2D eigenvalue weighted by Crippen LogP contribution is -2.58. The molecule has 6 nitrogen and oxygen atoms in total. The van der Waals surface area contributed by atoms with Crippen molar-refractivity contribution in [1.29, 1.82) is 0 Å². The minimum atomic E-state index is -0.388. The van der Waals surface area contributed by atoms with Crippen LogP contribution in [0.15, 0.2) is 48.5 Å². The quantitative estimate of drug-likeness (QED) is 0.756. The fourth-order valence-corrected chi connectivity index (χ4v) is 3.72. The third kappa shape index (κ3) is 5.79. The second-order valence-electron chi connectivity index (χ2n) is 7.88. The predicted molar refractivity (Wildman–Crippen MR) is 112 cm³/mol. The zero-order valence-electron chi connectivity index (χ0n) is 17.4. The van der Waals surface area contributed by atoms with E-state index < -0.39 is 0 Å². The highest BCUT2D eigenvalue weighted by molar-refractivity contribution is 5.78. The van der Waals surface area contributed by atoms with E-state index in [1.165, 1.54) is 12.1 Å². The van der Waals surface area contributed by atoms with Gasteiger partial charge < -0.3 is 15.4 Å². The number of ether oxygens (including phenoxy) is 1. The third-order valence-electron chi connectivity index (χ3n) is 5.40. The molecule has 2 aromatic carbocycles. The molecule has 2 aromatic rings. The van der Waals surface area contributed by atoms with Gasteiger partial charge in [0.05, 0.1) is 6.42 Å². The van der Waals surface area contributed by atoms with E-state index in [-0.39, 0.29) is 42.7 Å². The number of piperazine rings is 1. The molecule has 0 aliphatic carbocycles. The van der Waals surface area contributed by atoms with Crippen molar-refractivity contribution in [3.8, 4) is 5.75 Å². The molecule has 1 heterocycles. The van der Waals surface area contributed by atoms with Gasteiger partial charge in [-0.3, -0.25) is 14.5 Å². The van der Waals surface area contributed by atoms with Crippen LogP contribution in [-0.2, 0) is 22.6 Å². The van der Waals surface area contributed by atoms with Gasteiger partial charge in [0.2, 0.25) is 5.91 Å². The van der Waals surface area contributed by atoms with Crippen LogP contribution in [0.25, 0.3) is 0 Å². The van der Waals surface area contributed by atoms with E-state index in [4.69, 9.17) is 10.5 Å². The number of amides is 2. The number of rotatable bonds is 7. The second-order valence-corrected chi connectivity index (χ2v) is 7.88. The monoisotopic (exact) mass is 413 g/mol. The first-order chi connectivity index (χ1) is 14.3. The van der Waals surface area contributed by atoms with Gasteiger partial charge in [-0.25, -0.2) is 4.39 Å². The van der Waals surface area contributed by atoms with E-state index in [1.807, 2.05) is 11.8 Å². The molecule has 1 aliphatic rings. The van der Waals surface area contributed by atoms with E-state index >= 15 is 0 Å². The molecule has 2 amide bonds. The van der Waals surface area contributed by atoms with E-state index in [0.717, 1.165) is 24.2 Å². The Balaban J connectivity index is 1.52. The normalized spacial score (nSPS) is 19.5. The number of benzene rings is 2. The van der Waals surface area contributed by atoms with E-state index in [1.54, 1.807) is 36.4 Å². The number of nitrogens with zero attached hydrogens (tertiary/aromatic N) is 2. The molecule has 0 aromatic heterocycles. The summed E-state index contributed by atoms with van der Waals surface area (Å²) in [6, 6.07) is 13.8. The van der Waals surface area contributed by atoms with E-state index in [0.29, 0.717) is 12.3 Å². The molecular formula is C23H28FN3O3. The fraction of sp³-hybridized carbons (Fsp3) is 0.391. The van der Waals surface area contributed by atoms with Crippen molar-refractivity contribution >= 4 is 11.8 Å². The molecule has 0 spiro atoms. The van der Waals surface area contributed by atoms with Gasteiger partial charge >= 0.3 is 0 Å². The zero-order chi connectivity index (χ0) is 21.7. The first-order valence-corrected chi connectivity index (χ1v) is 10.1. The fourth-order valence-electron chi connectivity index (χ4n) is 3.72. The molecule has 160 valence electrons. The highest BCUT2D eigenvalue weighted by Crippen LogP contribution is 2.19. The minimum Gasteiger partial charge on any atom is -0.484 e. The number of halogens is 1. The molecule has 0 radical (unpaired) electrons. The molecule has 3 rings (SSSR count). The molecule has 7 heteroatoms. The molecule has 30 heavy (non-hydrogen) atoms. The average Bonchev–Trinajstić information content (AvgIpc) is 2.71. The summed E-state index contributed by atoms with van der Waals surface area (Å²) in [5.41, 5.74) is 7.05. The van der Waals surface area contributed by atoms with E-state index in [9.17, 15) is 14.0 Å². The van der Waals surface area contributed by atoms with Crippen LogP contribution in [0.1, 0.15) is 25.0 Å². The van der Waals surface area contributed by atoms with Crippen LogP contribution in [0.4, 0.5) is 4.39 Å². The smallest absolute Gasteiger partial charge is 0.260 e. The predicted octanol–water partition coefficient (Wildman–Crippen LogP) is 2.35. The van der Waals surface area contributed by atoms with Crippen LogP contribution in [0, 0.1) is 5.82 Å². The summed E-state index contributed by atoms with van der Waals surface area (Å²) in [5.74, 6) is -0.108. The Hall–Kier alpha value is -2.93. The molecule has 2 N–H and O–H groups in total. The number of hydrogen-bond acceptors (Lipinski definition) is 4. The Kier molecular flexibility index (Phi) is 7.05. The summed E-state index contributed by atoms with van der Waals surface area (Å²) in [6.07, 6.45) is 0.177. The molecule has 0 bridgehead atoms. The maximum absolute atomic E-state index is 13.1. The van der Waals surface area contributed by atoms with Gasteiger partial charge in [0.25, 0.3) is 5.91 Å². The van der Waals surface area contributed by atoms with Crippen molar-refractivity contribution in [2.45, 2.75) is 38.9 Å². The Morgan fingerprint density at radius 2 is 1.63 bits per heavy atom. The van der Waals surface area contributed by atoms with Crippen LogP contribution in [0.2, 0.25) is 0 Å². The van der Waals surface area contributed by atoms with Crippen molar-refractivity contribution in [2.75, 3.05) is 19.7 Å². The highest BCUT2D eigenvalue weighted by atomic mass is 19.1. The largest absolute Gasteiger partial charge is 0.484 e. The number of hydrogen-bond donors (Lipinski definition) is 1. The number of carbonyl (C=O) groups excluding carboxylic acids is 2. The highest BCUT2D eigenvalue weighted by Gasteiger charge is 2.32. The van der Waals surface area contributed by atoms with Crippen LogP contribution in [0.5, 0.6) is 5.75 Å². The number of carbonyl (C=O) groups is 2. The van der Waals surface area contributed by atoms with Crippen LogP contribution in [-0.4, -0.2) is 53.4 Å². The Morgan fingerprint density at radius 3 is 2.27 bits per heavy atom. The SMILES string of the molecule is C[C@@H]1CN(C(=O)COc2ccc(CC(N)=O)cc2)[C@@H](C)CN1Cc1ccc(F)cc1. The molecule has 1 saturated heterocycles. The van der Waals surface area contributed by atoms with E-state index in [2.05, 4.69) is 11.8 Å². The second kappa shape index (κ2) is 9.71. The number of primary amides is 1. The van der Waals surface area contributed by atoms with Gasteiger partial charge in [-0.2, -0.15) is 0 Å². The minimum absolute atomic E-state index is 0.0375. The van der Waals surface area contributed by atoms with Gasteiger partial charge in [0.1, 0.15) is 11.6 Å². The van der Waals surface area contributed by atoms with Gasteiger partial charge in [-0.15, -0.1) is 0 Å². The summed E-state index contributed by atoms with van der Waals surface area (Å²) in [6.45, 7) is 6.16. The van der Waals surface area contributed by atoms with Crippen molar-refractivity contribution in [2.24, 2.45) is 5.73 Å². The summed E-state index contributed by atoms with van der Waals surface area (Å²) >= 11 is 0. The lowest BCUT2D eigenvalue weighted by Gasteiger charge is -2.44. The van der Waals surface area contributed by atoms with Crippen LogP contribution < -0.4 is 10.5 Å². The summed E-state index contributed by atoms with van der Waals surface area (Å²) < 4.78 is 18.8. The maximum Gasteiger partial charge on any atom is 0.260 e. The molecule has 0 saturated carbocycles. The Morgan fingerprint density at radius 1 is 1.00 bits per heavy atom. The molecule has 1 fully saturated rings. The van der Waals surface area contributed by atoms with Gasteiger partial charge in [-0.05, 0) is 49.2 Å². The lowest BCUT2D eigenvalue weighted by atomic mass is 10.1. The van der Waals surface area contributed by atoms with Crippen molar-refractivity contribution in [3.05, 3.63) is 65.5 Å². The molecule has 2 atom stereocenters. The molecule has 1 aliphatic heterocycles. The first kappa shape index (κ1) is 21.8. The Bertz CT molecular complexity index is 870. The standard InChI is InChI=1S/C23H28FN3O3/c1-16-13-27(17(2)12-26(16)14-19-3-7-20(24)8-4-19)23(29)15-30-21-9-5-18(6-10-21)11-22(25)28/h3-10,16-17H,11-15H2,1-2H3,(H2,25,28)/t16-,17+/m1/s1.